The van der Waals surface area contributed by atoms with Crippen LogP contribution in [0.2, 0.25) is 0 Å². The Kier molecular flexibility index (Phi) is 5.69. The maximum Gasteiger partial charge on any atom is 0.148 e. The molecule has 0 aliphatic carbocycles. The average Bonchev–Trinajstić information content (AvgIpc) is 2.27. The van der Waals surface area contributed by atoms with E-state index in [1.807, 2.05) is 24.3 Å². The first-order chi connectivity index (χ1) is 7.72. The second kappa shape index (κ2) is 7.10. The SMILES string of the molecule is C#CCOc1ccc(CNCC(=C)Br)cc1. The molecule has 1 aromatic rings. The zero-order valence-corrected chi connectivity index (χ0v) is 10.6. The number of benzene rings is 1. The van der Waals surface area contributed by atoms with E-state index in [-0.39, 0.29) is 0 Å². The van der Waals surface area contributed by atoms with E-state index < -0.39 is 0 Å². The van der Waals surface area contributed by atoms with Gasteiger partial charge in [-0.25, -0.2) is 0 Å². The molecule has 0 aliphatic rings. The Morgan fingerprint density at radius 2 is 2.12 bits per heavy atom. The van der Waals surface area contributed by atoms with E-state index in [1.54, 1.807) is 0 Å². The van der Waals surface area contributed by atoms with Crippen molar-refractivity contribution in [2.45, 2.75) is 6.54 Å². The zero-order chi connectivity index (χ0) is 11.8. The molecule has 3 heteroatoms. The smallest absolute Gasteiger partial charge is 0.148 e. The predicted octanol–water partition coefficient (Wildman–Crippen LogP) is 2.70. The third-order valence-electron chi connectivity index (χ3n) is 1.89. The summed E-state index contributed by atoms with van der Waals surface area (Å²) in [6.45, 7) is 5.62. The maximum atomic E-state index is 5.27. The van der Waals surface area contributed by atoms with E-state index in [9.17, 15) is 0 Å². The lowest BCUT2D eigenvalue weighted by Crippen LogP contribution is -2.14. The van der Waals surface area contributed by atoms with Crippen molar-refractivity contribution < 1.29 is 4.74 Å². The standard InChI is InChI=1S/C13H14BrNO/c1-3-8-16-13-6-4-12(5-7-13)10-15-9-11(2)14/h1,4-7,15H,2,8-10H2. The van der Waals surface area contributed by atoms with Crippen LogP contribution in [-0.2, 0) is 6.54 Å². The molecule has 0 saturated carbocycles. The maximum absolute atomic E-state index is 5.27. The van der Waals surface area contributed by atoms with Gasteiger partial charge in [0.25, 0.3) is 0 Å². The van der Waals surface area contributed by atoms with E-state index in [0.717, 1.165) is 23.3 Å². The van der Waals surface area contributed by atoms with E-state index in [4.69, 9.17) is 11.2 Å². The topological polar surface area (TPSA) is 21.3 Å². The van der Waals surface area contributed by atoms with Crippen LogP contribution in [0.4, 0.5) is 0 Å². The predicted molar refractivity (Wildman–Crippen MR) is 70.5 cm³/mol. The molecule has 0 aliphatic heterocycles. The summed E-state index contributed by atoms with van der Waals surface area (Å²) in [6.07, 6.45) is 5.10. The molecule has 0 amide bonds. The van der Waals surface area contributed by atoms with Crippen molar-refractivity contribution in [3.05, 3.63) is 40.9 Å². The molecule has 1 aromatic carbocycles. The lowest BCUT2D eigenvalue weighted by atomic mass is 10.2. The number of hydrogen-bond acceptors (Lipinski definition) is 2. The molecular formula is C13H14BrNO. The third kappa shape index (κ3) is 5.01. The minimum absolute atomic E-state index is 0.307. The Morgan fingerprint density at radius 1 is 1.44 bits per heavy atom. The minimum Gasteiger partial charge on any atom is -0.481 e. The number of halogens is 1. The highest BCUT2D eigenvalue weighted by Gasteiger charge is 1.95. The molecule has 0 unspecified atom stereocenters. The normalized spacial score (nSPS) is 9.50. The molecule has 84 valence electrons. The van der Waals surface area contributed by atoms with Crippen LogP contribution >= 0.6 is 15.9 Å². The van der Waals surface area contributed by atoms with Crippen LogP contribution in [0.5, 0.6) is 5.75 Å². The van der Waals surface area contributed by atoms with Crippen molar-refractivity contribution in [2.75, 3.05) is 13.2 Å². The Bertz CT molecular complexity index is 378. The highest BCUT2D eigenvalue weighted by Crippen LogP contribution is 2.11. The van der Waals surface area contributed by atoms with Crippen molar-refractivity contribution in [2.24, 2.45) is 0 Å². The summed E-state index contributed by atoms with van der Waals surface area (Å²) < 4.78 is 6.22. The summed E-state index contributed by atoms with van der Waals surface area (Å²) in [7, 11) is 0. The van der Waals surface area contributed by atoms with Gasteiger partial charge in [-0.05, 0) is 17.7 Å². The molecule has 1 rings (SSSR count). The fourth-order valence-corrected chi connectivity index (χ4v) is 1.37. The second-order valence-electron chi connectivity index (χ2n) is 3.26. The second-order valence-corrected chi connectivity index (χ2v) is 4.38. The van der Waals surface area contributed by atoms with Gasteiger partial charge in [-0.3, -0.25) is 0 Å². The third-order valence-corrected chi connectivity index (χ3v) is 2.17. The molecule has 0 radical (unpaired) electrons. The Labute approximate surface area is 105 Å². The Balaban J connectivity index is 2.39. The zero-order valence-electron chi connectivity index (χ0n) is 9.00. The van der Waals surface area contributed by atoms with Gasteiger partial charge >= 0.3 is 0 Å². The first-order valence-corrected chi connectivity index (χ1v) is 5.71. The largest absolute Gasteiger partial charge is 0.481 e. The van der Waals surface area contributed by atoms with Crippen molar-refractivity contribution in [3.8, 4) is 18.1 Å². The van der Waals surface area contributed by atoms with Crippen LogP contribution in [0, 0.1) is 12.3 Å². The number of terminal acetylenes is 1. The van der Waals surface area contributed by atoms with Gasteiger partial charge in [0.2, 0.25) is 0 Å². The van der Waals surface area contributed by atoms with Crippen molar-refractivity contribution in [3.63, 3.8) is 0 Å². The van der Waals surface area contributed by atoms with Gasteiger partial charge in [0.15, 0.2) is 0 Å². The summed E-state index contributed by atoms with van der Waals surface area (Å²) in [5.41, 5.74) is 1.20. The molecule has 0 atom stereocenters. The first kappa shape index (κ1) is 12.8. The van der Waals surface area contributed by atoms with Crippen molar-refractivity contribution >= 4 is 15.9 Å². The molecule has 0 bridgehead atoms. The van der Waals surface area contributed by atoms with Gasteiger partial charge in [-0.15, -0.1) is 6.42 Å². The van der Waals surface area contributed by atoms with E-state index in [0.29, 0.717) is 6.61 Å². The van der Waals surface area contributed by atoms with Crippen LogP contribution in [0.3, 0.4) is 0 Å². The number of hydrogen-bond donors (Lipinski definition) is 1. The van der Waals surface area contributed by atoms with Crippen LogP contribution < -0.4 is 10.1 Å². The number of rotatable bonds is 6. The van der Waals surface area contributed by atoms with Gasteiger partial charge in [0, 0.05) is 17.6 Å². The van der Waals surface area contributed by atoms with Gasteiger partial charge < -0.3 is 10.1 Å². The lowest BCUT2D eigenvalue weighted by molar-refractivity contribution is 0.370. The summed E-state index contributed by atoms with van der Waals surface area (Å²) in [6, 6.07) is 7.85. The van der Waals surface area contributed by atoms with E-state index in [2.05, 4.69) is 33.7 Å². The van der Waals surface area contributed by atoms with Gasteiger partial charge in [0.05, 0.1) is 0 Å². The molecule has 0 spiro atoms. The molecule has 16 heavy (non-hydrogen) atoms. The van der Waals surface area contributed by atoms with Crippen molar-refractivity contribution in [1.82, 2.24) is 5.32 Å². The fourth-order valence-electron chi connectivity index (χ4n) is 1.17. The van der Waals surface area contributed by atoms with E-state index >= 15 is 0 Å². The Hall–Kier alpha value is -1.24. The average molecular weight is 280 g/mol. The highest BCUT2D eigenvalue weighted by atomic mass is 79.9. The summed E-state index contributed by atoms with van der Waals surface area (Å²) in [5, 5.41) is 3.24. The number of ether oxygens (including phenoxy) is 1. The van der Waals surface area contributed by atoms with Gasteiger partial charge in [-0.1, -0.05) is 40.6 Å². The number of nitrogens with one attached hydrogen (secondary N) is 1. The van der Waals surface area contributed by atoms with Crippen LogP contribution in [0.1, 0.15) is 5.56 Å². The minimum atomic E-state index is 0.307. The molecule has 0 heterocycles. The molecule has 0 aromatic heterocycles. The molecule has 2 nitrogen and oxygen atoms in total. The molecule has 0 fully saturated rings. The molecule has 1 N–H and O–H groups in total. The molecular weight excluding hydrogens is 266 g/mol. The van der Waals surface area contributed by atoms with Crippen molar-refractivity contribution in [1.29, 1.82) is 0 Å². The fraction of sp³-hybridized carbons (Fsp3) is 0.231. The van der Waals surface area contributed by atoms with Gasteiger partial charge in [0.1, 0.15) is 12.4 Å². The first-order valence-electron chi connectivity index (χ1n) is 4.91. The van der Waals surface area contributed by atoms with Crippen LogP contribution in [-0.4, -0.2) is 13.2 Å². The summed E-state index contributed by atoms with van der Waals surface area (Å²) in [4.78, 5) is 0. The lowest BCUT2D eigenvalue weighted by Gasteiger charge is -2.05. The quantitative estimate of drug-likeness (QED) is 0.809. The highest BCUT2D eigenvalue weighted by molar-refractivity contribution is 9.11. The van der Waals surface area contributed by atoms with Crippen LogP contribution in [0.15, 0.2) is 35.3 Å². The monoisotopic (exact) mass is 279 g/mol. The van der Waals surface area contributed by atoms with Crippen LogP contribution in [0.25, 0.3) is 0 Å². The van der Waals surface area contributed by atoms with E-state index in [1.165, 1.54) is 5.56 Å². The molecule has 0 saturated heterocycles. The Morgan fingerprint density at radius 3 is 2.69 bits per heavy atom. The summed E-state index contributed by atoms with van der Waals surface area (Å²) >= 11 is 3.29. The summed E-state index contributed by atoms with van der Waals surface area (Å²) in [5.74, 6) is 3.23. The van der Waals surface area contributed by atoms with Gasteiger partial charge in [-0.2, -0.15) is 0 Å².